The lowest BCUT2D eigenvalue weighted by molar-refractivity contribution is -0.955. The van der Waals surface area contributed by atoms with Crippen LogP contribution in [-0.2, 0) is 11.2 Å². The number of carboxylic acid groups (broad SMARTS) is 1. The van der Waals surface area contributed by atoms with Crippen molar-refractivity contribution >= 4 is 5.97 Å². The Morgan fingerprint density at radius 1 is 1.09 bits per heavy atom. The smallest absolute Gasteiger partial charge is 0.508 e. The molecular formula is C9H8N4O9. The minimum Gasteiger partial charge on any atom is -0.508 e. The Kier molecular flexibility index (Phi) is 4.41. The zero-order valence-corrected chi connectivity index (χ0v) is 10.6. The van der Waals surface area contributed by atoms with E-state index in [2.05, 4.69) is 0 Å². The van der Waals surface area contributed by atoms with E-state index < -0.39 is 38.2 Å². The molecule has 2 N–H and O–H groups in total. The van der Waals surface area contributed by atoms with Crippen molar-refractivity contribution in [1.82, 2.24) is 5.12 Å². The highest BCUT2D eigenvalue weighted by Crippen LogP contribution is 2.24. The second kappa shape index (κ2) is 5.86. The molecule has 0 heterocycles. The minimum absolute atomic E-state index is 0.134. The first-order chi connectivity index (χ1) is 10.1. The largest absolute Gasteiger partial charge is 0.508 e. The normalized spacial score (nSPS) is 12.9. The molecule has 22 heavy (non-hydrogen) atoms. The van der Waals surface area contributed by atoms with Gasteiger partial charge in [-0.15, -0.1) is 0 Å². The van der Waals surface area contributed by atoms with Gasteiger partial charge in [0.05, 0.1) is 11.3 Å². The van der Waals surface area contributed by atoms with E-state index in [-0.39, 0.29) is 11.3 Å². The average Bonchev–Trinajstić information content (AvgIpc) is 2.38. The molecule has 13 nitrogen and oxygen atoms in total. The molecule has 1 aromatic carbocycles. The van der Waals surface area contributed by atoms with Gasteiger partial charge in [-0.2, -0.15) is 0 Å². The second-order valence-electron chi connectivity index (χ2n) is 3.99. The van der Waals surface area contributed by atoms with Gasteiger partial charge in [-0.05, 0) is 17.7 Å². The number of hydrazine groups is 2. The quantitative estimate of drug-likeness (QED) is 0.382. The van der Waals surface area contributed by atoms with E-state index in [0.29, 0.717) is 0 Å². The van der Waals surface area contributed by atoms with E-state index in [1.54, 1.807) is 0 Å². The molecule has 0 radical (unpaired) electrons. The van der Waals surface area contributed by atoms with Gasteiger partial charge in [-0.3, -0.25) is 10.1 Å². The van der Waals surface area contributed by atoms with Crippen LogP contribution in [0, 0.1) is 30.3 Å². The molecule has 0 aliphatic carbocycles. The molecule has 1 atom stereocenters. The third-order valence-electron chi connectivity index (χ3n) is 2.67. The number of phenolic OH excluding ortho intramolecular Hbond substituents is 1. The van der Waals surface area contributed by atoms with Crippen molar-refractivity contribution in [3.8, 4) is 5.75 Å². The highest BCUT2D eigenvalue weighted by atomic mass is 16.8. The monoisotopic (exact) mass is 316 g/mol. The zero-order chi connectivity index (χ0) is 17.1. The molecule has 0 unspecified atom stereocenters. The molecule has 0 aliphatic rings. The second-order valence-corrected chi connectivity index (χ2v) is 3.99. The number of rotatable bonds is 7. The van der Waals surface area contributed by atoms with Crippen LogP contribution < -0.4 is 0 Å². The van der Waals surface area contributed by atoms with Gasteiger partial charge < -0.3 is 10.2 Å². The van der Waals surface area contributed by atoms with Crippen molar-refractivity contribution in [3.63, 3.8) is 0 Å². The van der Waals surface area contributed by atoms with Gasteiger partial charge in [0.25, 0.3) is 5.12 Å². The molecule has 1 rings (SSSR count). The highest BCUT2D eigenvalue weighted by Gasteiger charge is 2.71. The highest BCUT2D eigenvalue weighted by molar-refractivity contribution is 5.76. The molecule has 0 aliphatic heterocycles. The van der Waals surface area contributed by atoms with E-state index in [9.17, 15) is 35.1 Å². The number of hydrogen-bond acceptors (Lipinski definition) is 8. The molecule has 0 spiro atoms. The molecule has 0 bridgehead atoms. The number of nitro groups is 3. The first-order valence-electron chi connectivity index (χ1n) is 5.37. The third kappa shape index (κ3) is 2.82. The summed E-state index contributed by atoms with van der Waals surface area (Å²) >= 11 is 0. The van der Waals surface area contributed by atoms with Crippen molar-refractivity contribution in [2.24, 2.45) is 0 Å². The molecule has 13 heteroatoms. The van der Waals surface area contributed by atoms with Crippen LogP contribution in [0.5, 0.6) is 5.75 Å². The fourth-order valence-electron chi connectivity index (χ4n) is 1.68. The van der Waals surface area contributed by atoms with Crippen LogP contribution in [0.2, 0.25) is 0 Å². The number of phenols is 1. The van der Waals surface area contributed by atoms with E-state index in [0.717, 1.165) is 24.3 Å². The van der Waals surface area contributed by atoms with E-state index in [1.807, 2.05) is 0 Å². The molecule has 0 fully saturated rings. The number of carbonyl (C=O) groups is 1. The fourth-order valence-corrected chi connectivity index (χ4v) is 1.68. The fraction of sp³-hybridized carbons (Fsp3) is 0.222. The summed E-state index contributed by atoms with van der Waals surface area (Å²) in [5.74, 6) is -2.62. The summed E-state index contributed by atoms with van der Waals surface area (Å²) in [6.45, 7) is 0. The van der Waals surface area contributed by atoms with Crippen LogP contribution in [0.1, 0.15) is 5.56 Å². The van der Waals surface area contributed by atoms with Gasteiger partial charge in [0.2, 0.25) is 10.1 Å². The molecule has 118 valence electrons. The van der Waals surface area contributed by atoms with E-state index in [4.69, 9.17) is 10.2 Å². The van der Waals surface area contributed by atoms with Crippen LogP contribution in [0.25, 0.3) is 0 Å². The number of nitrogens with zero attached hydrogens (tertiary/aromatic N) is 4. The molecular weight excluding hydrogens is 308 g/mol. The lowest BCUT2D eigenvalue weighted by atomic mass is 10.00. The maximum atomic E-state index is 11.2. The Hall–Kier alpha value is -3.51. The summed E-state index contributed by atoms with van der Waals surface area (Å²) in [7, 11) is 0. The van der Waals surface area contributed by atoms with Gasteiger partial charge in [-0.1, -0.05) is 12.1 Å². The van der Waals surface area contributed by atoms with Crippen molar-refractivity contribution in [2.75, 3.05) is 0 Å². The molecule has 0 amide bonds. The topological polar surface area (TPSA) is 190 Å². The predicted octanol–water partition coefficient (Wildman–Crippen LogP) is -0.322. The maximum Gasteiger partial charge on any atom is 0.508 e. The Morgan fingerprint density at radius 2 is 1.55 bits per heavy atom. The Morgan fingerprint density at radius 3 is 1.86 bits per heavy atom. The summed E-state index contributed by atoms with van der Waals surface area (Å²) in [4.78, 5) is 42.2. The Balaban J connectivity index is 3.48. The van der Waals surface area contributed by atoms with Crippen molar-refractivity contribution in [1.29, 1.82) is 0 Å². The zero-order valence-electron chi connectivity index (χ0n) is 10.6. The van der Waals surface area contributed by atoms with Crippen LogP contribution in [0.4, 0.5) is 0 Å². The average molecular weight is 316 g/mol. The van der Waals surface area contributed by atoms with Crippen LogP contribution in [0.3, 0.4) is 0 Å². The lowest BCUT2D eigenvalue weighted by Gasteiger charge is -2.19. The third-order valence-corrected chi connectivity index (χ3v) is 2.67. The summed E-state index contributed by atoms with van der Waals surface area (Å²) < 4.78 is 0. The van der Waals surface area contributed by atoms with Crippen molar-refractivity contribution in [2.45, 2.75) is 12.1 Å². The SMILES string of the molecule is O=C(O)[C@](Cc1ccc(O)cc1)(N([N+](=O)[O-])[N+](=O)[O-])[N+](=O)[O-]. The van der Waals surface area contributed by atoms with Crippen LogP contribution >= 0.6 is 0 Å². The molecule has 0 saturated heterocycles. The molecule has 0 aromatic heterocycles. The number of carboxylic acids is 1. The summed E-state index contributed by atoms with van der Waals surface area (Å²) in [5.41, 5.74) is -3.78. The van der Waals surface area contributed by atoms with Crippen molar-refractivity contribution in [3.05, 3.63) is 60.2 Å². The van der Waals surface area contributed by atoms with Gasteiger partial charge in [0.1, 0.15) is 5.75 Å². The number of hydrogen-bond donors (Lipinski definition) is 2. The number of benzene rings is 1. The van der Waals surface area contributed by atoms with E-state index in [1.165, 1.54) is 0 Å². The standard InChI is InChI=1S/C9H8N4O9/c14-7-3-1-6(2-4-7)5-9(8(15)16,11(17)18)10(12(19)20)13(21)22/h1-4,14H,5H2,(H,15,16)/t9-/m1/s1. The van der Waals surface area contributed by atoms with Gasteiger partial charge in [0.15, 0.2) is 0 Å². The lowest BCUT2D eigenvalue weighted by Crippen LogP contribution is -2.65. The number of aliphatic carboxylic acids is 1. The summed E-state index contributed by atoms with van der Waals surface area (Å²) in [6.07, 6.45) is -1.17. The van der Waals surface area contributed by atoms with Gasteiger partial charge in [0, 0.05) is 0 Å². The van der Waals surface area contributed by atoms with Crippen molar-refractivity contribution < 1.29 is 30.0 Å². The first kappa shape index (κ1) is 16.5. The summed E-state index contributed by atoms with van der Waals surface area (Å²) in [6, 6.07) is 4.19. The van der Waals surface area contributed by atoms with E-state index >= 15 is 0 Å². The van der Waals surface area contributed by atoms with Crippen LogP contribution in [0.15, 0.2) is 24.3 Å². The number of aromatic hydroxyl groups is 1. The Labute approximate surface area is 120 Å². The van der Waals surface area contributed by atoms with Gasteiger partial charge >= 0.3 is 11.6 Å². The summed E-state index contributed by atoms with van der Waals surface area (Å²) in [5, 5.41) is 45.9. The van der Waals surface area contributed by atoms with Gasteiger partial charge in [-0.25, -0.2) is 25.0 Å². The maximum absolute atomic E-state index is 11.2. The first-order valence-corrected chi connectivity index (χ1v) is 5.37. The Bertz CT molecular complexity index is 600. The minimum atomic E-state index is -3.65. The molecule has 1 aromatic rings. The molecule has 0 saturated carbocycles. The predicted molar refractivity (Wildman–Crippen MR) is 65.0 cm³/mol. The van der Waals surface area contributed by atoms with Crippen LogP contribution in [-0.4, -0.2) is 42.0 Å².